The summed E-state index contributed by atoms with van der Waals surface area (Å²) in [7, 11) is 0. The number of unbranched alkanes of at least 4 members (excludes halogenated alkanes) is 4. The van der Waals surface area contributed by atoms with Gasteiger partial charge in [-0.1, -0.05) is 35.3 Å². The number of nitrogens with zero attached hydrogens (tertiary/aromatic N) is 4. The lowest BCUT2D eigenvalue weighted by atomic mass is 9.99. The Morgan fingerprint density at radius 3 is 1.46 bits per heavy atom. The fourth-order valence-electron chi connectivity index (χ4n) is 9.87. The van der Waals surface area contributed by atoms with Crippen LogP contribution in [0.1, 0.15) is 66.2 Å². The van der Waals surface area contributed by atoms with E-state index in [0.29, 0.717) is 71.9 Å². The van der Waals surface area contributed by atoms with Crippen LogP contribution in [0.4, 0.5) is 8.78 Å². The molecule has 4 heterocycles. The number of rotatable bonds is 23. The van der Waals surface area contributed by atoms with Crippen LogP contribution in [0.15, 0.2) is 94.2 Å². The van der Waals surface area contributed by atoms with E-state index in [1.165, 1.54) is 12.1 Å². The van der Waals surface area contributed by atoms with Gasteiger partial charge in [-0.05, 0) is 139 Å². The second-order valence-corrected chi connectivity index (χ2v) is 20.5. The van der Waals surface area contributed by atoms with E-state index in [-0.39, 0.29) is 23.9 Å². The van der Waals surface area contributed by atoms with Crippen LogP contribution in [0.3, 0.4) is 0 Å². The van der Waals surface area contributed by atoms with Crippen LogP contribution >= 0.6 is 23.2 Å². The molecule has 386 valence electrons. The topological polar surface area (TPSA) is 116 Å². The predicted molar refractivity (Wildman–Crippen MR) is 282 cm³/mol. The molecule has 16 heteroatoms. The minimum Gasteiger partial charge on any atom is -0.493 e. The van der Waals surface area contributed by atoms with Crippen molar-refractivity contribution in [2.75, 3.05) is 78.7 Å². The van der Waals surface area contributed by atoms with Crippen molar-refractivity contribution < 1.29 is 36.7 Å². The third kappa shape index (κ3) is 13.7. The molecule has 2 fully saturated rings. The minimum atomic E-state index is -0.899. The monoisotopic (exact) mass is 1030 g/mol. The molecule has 0 saturated carbocycles. The summed E-state index contributed by atoms with van der Waals surface area (Å²) in [6.07, 6.45) is 9.18. The van der Waals surface area contributed by atoms with E-state index in [0.717, 1.165) is 117 Å². The molecule has 12 nitrogen and oxygen atoms in total. The molecule has 4 aromatic carbocycles. The van der Waals surface area contributed by atoms with E-state index in [9.17, 15) is 18.4 Å². The summed E-state index contributed by atoms with van der Waals surface area (Å²) in [6, 6.07) is 19.5. The molecule has 2 amide bonds. The summed E-state index contributed by atoms with van der Waals surface area (Å²) in [5.41, 5.74) is 4.49. The van der Waals surface area contributed by atoms with E-state index in [2.05, 4.69) is 30.2 Å². The van der Waals surface area contributed by atoms with Gasteiger partial charge in [0.05, 0.1) is 35.8 Å². The molecule has 0 aliphatic carbocycles. The van der Waals surface area contributed by atoms with Gasteiger partial charge in [0.25, 0.3) is 0 Å². The number of ether oxygens (including phenoxy) is 2. The summed E-state index contributed by atoms with van der Waals surface area (Å²) in [5, 5.41) is 9.14. The zero-order valence-electron chi connectivity index (χ0n) is 41.9. The molecule has 2 aromatic heterocycles. The number of carbonyl (C=O) groups excluding carboxylic acids is 2. The van der Waals surface area contributed by atoms with Gasteiger partial charge in [0, 0.05) is 98.5 Å². The van der Waals surface area contributed by atoms with Gasteiger partial charge in [-0.15, -0.1) is 0 Å². The summed E-state index contributed by atoms with van der Waals surface area (Å²) < 4.78 is 51.2. The molecular weight excluding hydrogens is 962 g/mol. The fraction of sp³-hybridized carbons (Fsp3) is 0.464. The molecule has 0 radical (unpaired) electrons. The molecular formula is C56H68Cl2F2N6O6. The lowest BCUT2D eigenvalue weighted by Crippen LogP contribution is -2.68. The molecule has 2 saturated heterocycles. The Kier molecular flexibility index (Phi) is 18.5. The Balaban J connectivity index is 0.765. The average molecular weight is 1030 g/mol. The highest BCUT2D eigenvalue weighted by atomic mass is 35.5. The summed E-state index contributed by atoms with van der Waals surface area (Å²) in [4.78, 5) is 37.8. The zero-order valence-corrected chi connectivity index (χ0v) is 43.4. The highest BCUT2D eigenvalue weighted by Crippen LogP contribution is 2.36. The highest BCUT2D eigenvalue weighted by molar-refractivity contribution is 6.42. The molecule has 2 atom stereocenters. The molecule has 8 rings (SSSR count). The third-order valence-corrected chi connectivity index (χ3v) is 14.4. The quantitative estimate of drug-likeness (QED) is 0.0601. The van der Waals surface area contributed by atoms with Gasteiger partial charge in [0.2, 0.25) is 11.8 Å². The number of fused-ring (bicyclic) bond motifs is 2. The number of hydrogen-bond acceptors (Lipinski definition) is 10. The van der Waals surface area contributed by atoms with E-state index >= 15 is 0 Å². The normalized spacial score (nSPS) is 16.2. The van der Waals surface area contributed by atoms with Crippen molar-refractivity contribution in [2.45, 2.75) is 90.4 Å². The van der Waals surface area contributed by atoms with Gasteiger partial charge >= 0.3 is 0 Å². The van der Waals surface area contributed by atoms with E-state index < -0.39 is 23.7 Å². The number of amides is 2. The Morgan fingerprint density at radius 1 is 0.556 bits per heavy atom. The van der Waals surface area contributed by atoms with E-state index in [1.54, 1.807) is 18.6 Å². The first-order valence-electron chi connectivity index (χ1n) is 25.5. The highest BCUT2D eigenvalue weighted by Gasteiger charge is 2.43. The first-order valence-corrected chi connectivity index (χ1v) is 26.3. The molecule has 0 bridgehead atoms. The van der Waals surface area contributed by atoms with Gasteiger partial charge in [-0.3, -0.25) is 19.4 Å². The lowest BCUT2D eigenvalue weighted by molar-refractivity contribution is -0.141. The molecule has 2 aliphatic heterocycles. The minimum absolute atomic E-state index is 0.0578. The largest absolute Gasteiger partial charge is 0.493 e. The van der Waals surface area contributed by atoms with Crippen LogP contribution in [0, 0.1) is 11.6 Å². The maximum Gasteiger partial charge on any atom is 0.239 e. The van der Waals surface area contributed by atoms with Gasteiger partial charge in [0.15, 0.2) is 11.6 Å². The van der Waals surface area contributed by atoms with Crippen molar-refractivity contribution >= 4 is 57.0 Å². The van der Waals surface area contributed by atoms with Crippen molar-refractivity contribution in [2.24, 2.45) is 0 Å². The number of carbonyl (C=O) groups is 2. The summed E-state index contributed by atoms with van der Waals surface area (Å²) in [5.74, 6) is -0.518. The molecule has 2 aliphatic rings. The molecule has 2 N–H and O–H groups in total. The van der Waals surface area contributed by atoms with Gasteiger partial charge < -0.3 is 38.7 Å². The Labute approximate surface area is 431 Å². The fourth-order valence-corrected chi connectivity index (χ4v) is 10.2. The van der Waals surface area contributed by atoms with Crippen molar-refractivity contribution in [1.82, 2.24) is 30.2 Å². The van der Waals surface area contributed by atoms with Crippen LogP contribution in [-0.2, 0) is 9.59 Å². The van der Waals surface area contributed by atoms with Crippen molar-refractivity contribution in [3.8, 4) is 33.8 Å². The Morgan fingerprint density at radius 2 is 1.01 bits per heavy atom. The smallest absolute Gasteiger partial charge is 0.239 e. The van der Waals surface area contributed by atoms with Crippen LogP contribution in [0.25, 0.3) is 44.2 Å². The zero-order chi connectivity index (χ0) is 50.7. The van der Waals surface area contributed by atoms with Crippen molar-refractivity contribution in [1.29, 1.82) is 0 Å². The average Bonchev–Trinajstić information content (AvgIpc) is 3.99. The SMILES string of the molecule is CC(C)NC(=O)C(C(C(=O)NC(C)C)N1CCN(CCCCCOc2ccc3c(-c4ccc(Cl)c(Cl)c4)coc3c2)CC1)N1CCN(CCCCCOc2ccc3c(-c4ccc(F)c(F)c4)coc3c2)CC1. The maximum atomic E-state index is 14.2. The third-order valence-electron chi connectivity index (χ3n) is 13.6. The number of hydrogen-bond donors (Lipinski definition) is 2. The maximum absolute atomic E-state index is 14.2. The van der Waals surface area contributed by atoms with Crippen LogP contribution in [0.2, 0.25) is 10.0 Å². The molecule has 0 spiro atoms. The lowest BCUT2D eigenvalue weighted by Gasteiger charge is -2.46. The van der Waals surface area contributed by atoms with Crippen LogP contribution < -0.4 is 20.1 Å². The number of nitrogens with one attached hydrogen (secondary N) is 2. The van der Waals surface area contributed by atoms with Crippen molar-refractivity contribution in [3.63, 3.8) is 0 Å². The van der Waals surface area contributed by atoms with E-state index in [4.69, 9.17) is 41.5 Å². The number of benzene rings is 4. The first kappa shape index (κ1) is 53.1. The number of piperazine rings is 2. The van der Waals surface area contributed by atoms with Gasteiger partial charge in [0.1, 0.15) is 34.7 Å². The summed E-state index contributed by atoms with van der Waals surface area (Å²) >= 11 is 12.4. The second-order valence-electron chi connectivity index (χ2n) is 19.7. The second kappa shape index (κ2) is 25.1. The Hall–Kier alpha value is -5.22. The molecule has 2 unspecified atom stereocenters. The van der Waals surface area contributed by atoms with Crippen LogP contribution in [0.5, 0.6) is 11.5 Å². The van der Waals surface area contributed by atoms with Gasteiger partial charge in [-0.25, -0.2) is 8.78 Å². The predicted octanol–water partition coefficient (Wildman–Crippen LogP) is 10.9. The van der Waals surface area contributed by atoms with Crippen LogP contribution in [-0.4, -0.2) is 134 Å². The van der Waals surface area contributed by atoms with Crippen molar-refractivity contribution in [3.05, 3.63) is 107 Å². The standard InChI is InChI=1S/C56H68Cl2F2N6O6/c1-37(2)61-55(67)53(65-25-21-63(22-26-65)19-7-5-9-29-69-41-13-15-43-45(35-71-51(43)33-41)39-11-17-47(57)48(58)31-39)54(56(68)62-38(3)4)66-27-23-64(24-28-66)20-8-6-10-30-70-42-14-16-44-46(36-72-52(44)34-42)40-12-18-49(59)50(60)32-40/h11-18,31-38,53-54H,5-10,19-30H2,1-4H3,(H,61,67)(H,62,68). The summed E-state index contributed by atoms with van der Waals surface area (Å²) in [6.45, 7) is 17.0. The van der Waals surface area contributed by atoms with E-state index in [1.807, 2.05) is 76.2 Å². The Bertz CT molecular complexity index is 2570. The molecule has 6 aromatic rings. The number of halogens is 4. The van der Waals surface area contributed by atoms with Gasteiger partial charge in [-0.2, -0.15) is 0 Å². The first-order chi connectivity index (χ1) is 34.8. The molecule has 72 heavy (non-hydrogen) atoms. The number of furan rings is 2.